The van der Waals surface area contributed by atoms with Gasteiger partial charge < -0.3 is 10.5 Å². The van der Waals surface area contributed by atoms with Gasteiger partial charge in [0.1, 0.15) is 5.75 Å². The van der Waals surface area contributed by atoms with Crippen molar-refractivity contribution < 1.29 is 35.5 Å². The second-order valence-electron chi connectivity index (χ2n) is 3.93. The van der Waals surface area contributed by atoms with Gasteiger partial charge in [-0.2, -0.15) is 30.7 Å². The summed E-state index contributed by atoms with van der Waals surface area (Å²) in [6.45, 7) is 0. The van der Waals surface area contributed by atoms with E-state index in [1.54, 1.807) is 0 Å². The Morgan fingerprint density at radius 1 is 1.05 bits per heavy atom. The van der Waals surface area contributed by atoms with Crippen LogP contribution in [0.3, 0.4) is 0 Å². The summed E-state index contributed by atoms with van der Waals surface area (Å²) in [6, 6.07) is 2.55. The van der Waals surface area contributed by atoms with Gasteiger partial charge in [0.05, 0.1) is 6.42 Å². The molecule has 0 saturated carbocycles. The van der Waals surface area contributed by atoms with Crippen molar-refractivity contribution >= 4 is 12.4 Å². The first-order chi connectivity index (χ1) is 9.03. The Kier molecular flexibility index (Phi) is 6.75. The quantitative estimate of drug-likeness (QED) is 0.811. The molecule has 0 unspecified atom stereocenters. The lowest BCUT2D eigenvalue weighted by Gasteiger charge is -2.22. The minimum atomic E-state index is -4.81. The zero-order valence-corrected chi connectivity index (χ0v) is 11.0. The van der Waals surface area contributed by atoms with Crippen molar-refractivity contribution in [1.82, 2.24) is 0 Å². The summed E-state index contributed by atoms with van der Waals surface area (Å²) in [6.07, 6.45) is -15.0. The molecule has 1 rings (SSSR count). The van der Waals surface area contributed by atoms with Gasteiger partial charge >= 0.3 is 18.7 Å². The zero-order chi connectivity index (χ0) is 15.6. The first-order valence-electron chi connectivity index (χ1n) is 5.29. The maximum atomic E-state index is 12.8. The van der Waals surface area contributed by atoms with Crippen LogP contribution in [0.2, 0.25) is 0 Å². The van der Waals surface area contributed by atoms with Crippen molar-refractivity contribution in [2.45, 2.75) is 31.2 Å². The Bertz CT molecular complexity index is 452. The van der Waals surface area contributed by atoms with Crippen LogP contribution in [0.4, 0.5) is 30.7 Å². The Morgan fingerprint density at radius 2 is 1.57 bits per heavy atom. The number of alkyl halides is 7. The number of nitrogens with two attached hydrogens (primary N) is 1. The van der Waals surface area contributed by atoms with Crippen molar-refractivity contribution in [3.8, 4) is 5.75 Å². The fraction of sp³-hybridized carbons (Fsp3) is 0.455. The van der Waals surface area contributed by atoms with E-state index in [1.807, 2.05) is 0 Å². The molecule has 1 atom stereocenters. The molecule has 0 radical (unpaired) electrons. The molecule has 0 aromatic heterocycles. The van der Waals surface area contributed by atoms with E-state index in [1.165, 1.54) is 6.07 Å². The highest BCUT2D eigenvalue weighted by Gasteiger charge is 2.44. The third-order valence-corrected chi connectivity index (χ3v) is 2.27. The van der Waals surface area contributed by atoms with E-state index in [2.05, 4.69) is 4.74 Å². The SMILES string of the molecule is Cl.N[C@@H](CC(F)(F)F)c1ccccc1OC(F)(F)C(F)F. The van der Waals surface area contributed by atoms with Gasteiger partial charge in [-0.15, -0.1) is 12.4 Å². The molecule has 0 aliphatic rings. The van der Waals surface area contributed by atoms with Gasteiger partial charge in [0.2, 0.25) is 0 Å². The highest BCUT2D eigenvalue weighted by molar-refractivity contribution is 5.85. The number of benzene rings is 1. The highest BCUT2D eigenvalue weighted by atomic mass is 35.5. The lowest BCUT2D eigenvalue weighted by molar-refractivity contribution is -0.253. The molecule has 2 nitrogen and oxygen atoms in total. The molecule has 1 aromatic carbocycles. The summed E-state index contributed by atoms with van der Waals surface area (Å²) < 4.78 is 90.0. The van der Waals surface area contributed by atoms with Gasteiger partial charge in [-0.05, 0) is 6.07 Å². The van der Waals surface area contributed by atoms with E-state index in [0.717, 1.165) is 18.2 Å². The van der Waals surface area contributed by atoms with Crippen LogP contribution in [0.25, 0.3) is 0 Å². The number of ether oxygens (including phenoxy) is 1. The van der Waals surface area contributed by atoms with Gasteiger partial charge in [0.15, 0.2) is 0 Å². The fourth-order valence-electron chi connectivity index (χ4n) is 1.43. The summed E-state index contributed by atoms with van der Waals surface area (Å²) in [5, 5.41) is 0. The monoisotopic (exact) mass is 341 g/mol. The molecule has 0 bridgehead atoms. The van der Waals surface area contributed by atoms with Gasteiger partial charge in [-0.1, -0.05) is 18.2 Å². The molecule has 0 fully saturated rings. The highest BCUT2D eigenvalue weighted by Crippen LogP contribution is 2.35. The number of hydrogen-bond donors (Lipinski definition) is 1. The van der Waals surface area contributed by atoms with E-state index in [0.29, 0.717) is 0 Å². The van der Waals surface area contributed by atoms with E-state index >= 15 is 0 Å². The average molecular weight is 342 g/mol. The normalized spacial score (nSPS) is 13.8. The predicted molar refractivity (Wildman–Crippen MR) is 62.9 cm³/mol. The second kappa shape index (κ2) is 7.17. The van der Waals surface area contributed by atoms with Crippen LogP contribution in [0.15, 0.2) is 24.3 Å². The largest absolute Gasteiger partial charge is 0.461 e. The van der Waals surface area contributed by atoms with Gasteiger partial charge in [-0.3, -0.25) is 0 Å². The molecule has 1 aromatic rings. The fourth-order valence-corrected chi connectivity index (χ4v) is 1.43. The van der Waals surface area contributed by atoms with Crippen LogP contribution in [-0.4, -0.2) is 18.7 Å². The van der Waals surface area contributed by atoms with Crippen LogP contribution >= 0.6 is 12.4 Å². The number of rotatable bonds is 5. The van der Waals surface area contributed by atoms with Crippen LogP contribution < -0.4 is 10.5 Å². The Morgan fingerprint density at radius 3 is 2.05 bits per heavy atom. The molecular weight excluding hydrogens is 331 g/mol. The molecule has 10 heteroatoms. The summed E-state index contributed by atoms with van der Waals surface area (Å²) in [5.74, 6) is -0.811. The zero-order valence-electron chi connectivity index (χ0n) is 10.2. The number of halogens is 8. The third-order valence-electron chi connectivity index (χ3n) is 2.27. The molecule has 122 valence electrons. The Hall–Kier alpha value is -1.22. The van der Waals surface area contributed by atoms with Gasteiger partial charge in [0, 0.05) is 11.6 Å². The second-order valence-corrected chi connectivity index (χ2v) is 3.93. The molecule has 0 amide bonds. The minimum Gasteiger partial charge on any atom is -0.428 e. The smallest absolute Gasteiger partial charge is 0.428 e. The third kappa shape index (κ3) is 5.96. The van der Waals surface area contributed by atoms with Crippen LogP contribution in [0, 0.1) is 0 Å². The summed E-state index contributed by atoms with van der Waals surface area (Å²) in [7, 11) is 0. The molecule has 2 N–H and O–H groups in total. The predicted octanol–water partition coefficient (Wildman–Crippen LogP) is 4.30. The summed E-state index contributed by atoms with van der Waals surface area (Å²) in [4.78, 5) is 0. The lowest BCUT2D eigenvalue weighted by Crippen LogP contribution is -2.34. The Balaban J connectivity index is 0.00000400. The van der Waals surface area contributed by atoms with E-state index in [9.17, 15) is 30.7 Å². The first-order valence-corrected chi connectivity index (χ1v) is 5.29. The molecule has 0 aliphatic carbocycles. The van der Waals surface area contributed by atoms with Gasteiger partial charge in [0.25, 0.3) is 0 Å². The molecule has 0 saturated heterocycles. The molecule has 0 heterocycles. The van der Waals surface area contributed by atoms with Crippen LogP contribution in [-0.2, 0) is 0 Å². The maximum absolute atomic E-state index is 12.8. The standard InChI is InChI=1S/C11H10F7NO.ClH/c12-9(13)11(17,18)20-8-4-2-1-3-6(8)7(19)5-10(14,15)16;/h1-4,7,9H,5,19H2;1H/t7-;/m0./s1. The van der Waals surface area contributed by atoms with Gasteiger partial charge in [-0.25, -0.2) is 0 Å². The topological polar surface area (TPSA) is 35.2 Å². The minimum absolute atomic E-state index is 0. The first kappa shape index (κ1) is 19.8. The van der Waals surface area contributed by atoms with E-state index in [4.69, 9.17) is 5.73 Å². The maximum Gasteiger partial charge on any atom is 0.461 e. The lowest BCUT2D eigenvalue weighted by atomic mass is 10.0. The summed E-state index contributed by atoms with van der Waals surface area (Å²) in [5.41, 5.74) is 4.82. The van der Waals surface area contributed by atoms with Crippen molar-refractivity contribution in [1.29, 1.82) is 0 Å². The van der Waals surface area contributed by atoms with Crippen LogP contribution in [0.1, 0.15) is 18.0 Å². The number of para-hydroxylation sites is 1. The Labute approximate surface area is 121 Å². The molecular formula is C11H11ClF7NO. The summed E-state index contributed by atoms with van der Waals surface area (Å²) >= 11 is 0. The molecule has 0 aliphatic heterocycles. The van der Waals surface area contributed by atoms with Crippen molar-refractivity contribution in [3.63, 3.8) is 0 Å². The van der Waals surface area contributed by atoms with E-state index in [-0.39, 0.29) is 12.4 Å². The van der Waals surface area contributed by atoms with Crippen molar-refractivity contribution in [2.75, 3.05) is 0 Å². The number of hydrogen-bond acceptors (Lipinski definition) is 2. The van der Waals surface area contributed by atoms with Crippen molar-refractivity contribution in [2.24, 2.45) is 5.73 Å². The van der Waals surface area contributed by atoms with Crippen LogP contribution in [0.5, 0.6) is 5.75 Å². The molecule has 21 heavy (non-hydrogen) atoms. The molecule has 0 spiro atoms. The average Bonchev–Trinajstić information content (AvgIpc) is 2.26. The van der Waals surface area contributed by atoms with Crippen molar-refractivity contribution in [3.05, 3.63) is 29.8 Å². The van der Waals surface area contributed by atoms with E-state index < -0.39 is 42.5 Å².